The van der Waals surface area contributed by atoms with Crippen LogP contribution < -0.4 is 0 Å². The molecular formula is C13H14O2S. The molecule has 0 aromatic heterocycles. The first-order chi connectivity index (χ1) is 7.71. The monoisotopic (exact) mass is 234 g/mol. The van der Waals surface area contributed by atoms with Crippen LogP contribution in [0, 0.1) is 0 Å². The third-order valence-electron chi connectivity index (χ3n) is 2.48. The molecule has 1 aromatic carbocycles. The topological polar surface area (TPSA) is 29.5 Å². The number of benzene rings is 1. The number of hydrogen-bond donors (Lipinski definition) is 2. The summed E-state index contributed by atoms with van der Waals surface area (Å²) in [6.45, 7) is 0.368. The molecule has 2 rings (SSSR count). The molecule has 0 aliphatic heterocycles. The van der Waals surface area contributed by atoms with Gasteiger partial charge in [-0.3, -0.25) is 0 Å². The summed E-state index contributed by atoms with van der Waals surface area (Å²) in [6, 6.07) is 9.75. The average Bonchev–Trinajstić information content (AvgIpc) is 2.32. The smallest absolute Gasteiger partial charge is 0.201 e. The maximum absolute atomic E-state index is 10.2. The highest BCUT2D eigenvalue weighted by atomic mass is 32.1. The lowest BCUT2D eigenvalue weighted by atomic mass is 10.1. The average molecular weight is 234 g/mol. The Balaban J connectivity index is 2.00. The van der Waals surface area contributed by atoms with E-state index < -0.39 is 5.79 Å². The molecule has 0 fully saturated rings. The Morgan fingerprint density at radius 1 is 1.25 bits per heavy atom. The first-order valence-electron chi connectivity index (χ1n) is 5.15. The fourth-order valence-electron chi connectivity index (χ4n) is 1.51. The van der Waals surface area contributed by atoms with Crippen molar-refractivity contribution in [3.05, 3.63) is 60.2 Å². The van der Waals surface area contributed by atoms with Crippen LogP contribution in [0.15, 0.2) is 54.6 Å². The van der Waals surface area contributed by atoms with E-state index in [1.807, 2.05) is 36.4 Å². The van der Waals surface area contributed by atoms with Crippen molar-refractivity contribution >= 4 is 12.6 Å². The number of rotatable bonds is 3. The quantitative estimate of drug-likeness (QED) is 0.621. The second-order valence-corrected chi connectivity index (χ2v) is 4.27. The van der Waals surface area contributed by atoms with E-state index in [4.69, 9.17) is 4.74 Å². The van der Waals surface area contributed by atoms with Gasteiger partial charge in [0.05, 0.1) is 11.9 Å². The van der Waals surface area contributed by atoms with E-state index in [1.54, 1.807) is 18.2 Å². The van der Waals surface area contributed by atoms with Crippen molar-refractivity contribution in [2.75, 3.05) is 0 Å². The van der Waals surface area contributed by atoms with Crippen LogP contribution in [-0.4, -0.2) is 16.1 Å². The van der Waals surface area contributed by atoms with Gasteiger partial charge in [0.1, 0.15) is 0 Å². The molecule has 16 heavy (non-hydrogen) atoms. The van der Waals surface area contributed by atoms with Crippen LogP contribution in [0.4, 0.5) is 0 Å². The molecule has 0 heterocycles. The Kier molecular flexibility index (Phi) is 3.49. The van der Waals surface area contributed by atoms with Crippen LogP contribution in [0.3, 0.4) is 0 Å². The molecule has 2 nitrogen and oxygen atoms in total. The second kappa shape index (κ2) is 4.87. The molecule has 2 unspecified atom stereocenters. The van der Waals surface area contributed by atoms with Gasteiger partial charge < -0.3 is 9.84 Å². The zero-order valence-electron chi connectivity index (χ0n) is 8.78. The van der Waals surface area contributed by atoms with Gasteiger partial charge in [0, 0.05) is 0 Å². The Bertz CT molecular complexity index is 400. The maximum Gasteiger partial charge on any atom is 0.201 e. The molecule has 0 bridgehead atoms. The van der Waals surface area contributed by atoms with Crippen molar-refractivity contribution in [1.29, 1.82) is 0 Å². The van der Waals surface area contributed by atoms with E-state index in [-0.39, 0.29) is 5.25 Å². The zero-order valence-corrected chi connectivity index (χ0v) is 9.68. The van der Waals surface area contributed by atoms with E-state index in [0.29, 0.717) is 6.61 Å². The molecule has 0 radical (unpaired) electrons. The van der Waals surface area contributed by atoms with E-state index in [2.05, 4.69) is 12.6 Å². The predicted octanol–water partition coefficient (Wildman–Crippen LogP) is 2.32. The number of allylic oxidation sites excluding steroid dienone is 2. The van der Waals surface area contributed by atoms with Crippen LogP contribution in [-0.2, 0) is 11.3 Å². The molecule has 1 N–H and O–H groups in total. The number of aliphatic hydroxyl groups is 1. The molecular weight excluding hydrogens is 220 g/mol. The van der Waals surface area contributed by atoms with E-state index >= 15 is 0 Å². The van der Waals surface area contributed by atoms with Gasteiger partial charge in [0.25, 0.3) is 0 Å². The molecule has 1 aliphatic carbocycles. The van der Waals surface area contributed by atoms with Crippen LogP contribution in [0.5, 0.6) is 0 Å². The molecule has 2 atom stereocenters. The minimum atomic E-state index is -1.31. The lowest BCUT2D eigenvalue weighted by Crippen LogP contribution is -2.39. The van der Waals surface area contributed by atoms with E-state index in [1.165, 1.54) is 0 Å². The second-order valence-electron chi connectivity index (χ2n) is 3.71. The first-order valence-corrected chi connectivity index (χ1v) is 5.67. The van der Waals surface area contributed by atoms with Gasteiger partial charge in [0.15, 0.2) is 0 Å². The summed E-state index contributed by atoms with van der Waals surface area (Å²) >= 11 is 4.28. The van der Waals surface area contributed by atoms with Crippen LogP contribution in [0.25, 0.3) is 0 Å². The van der Waals surface area contributed by atoms with Crippen molar-refractivity contribution in [1.82, 2.24) is 0 Å². The molecule has 3 heteroatoms. The fraction of sp³-hybridized carbons (Fsp3) is 0.231. The summed E-state index contributed by atoms with van der Waals surface area (Å²) in [5, 5.41) is 9.83. The van der Waals surface area contributed by atoms with Gasteiger partial charge >= 0.3 is 0 Å². The Morgan fingerprint density at radius 3 is 2.69 bits per heavy atom. The summed E-state index contributed by atoms with van der Waals surface area (Å²) in [5.74, 6) is -1.31. The van der Waals surface area contributed by atoms with Gasteiger partial charge in [0.2, 0.25) is 5.79 Å². The van der Waals surface area contributed by atoms with Crippen molar-refractivity contribution in [2.45, 2.75) is 17.6 Å². The Hall–Kier alpha value is -1.03. The van der Waals surface area contributed by atoms with E-state index in [9.17, 15) is 5.11 Å². The van der Waals surface area contributed by atoms with Gasteiger partial charge in [-0.15, -0.1) is 0 Å². The summed E-state index contributed by atoms with van der Waals surface area (Å²) in [7, 11) is 0. The maximum atomic E-state index is 10.2. The van der Waals surface area contributed by atoms with Crippen LogP contribution >= 0.6 is 12.6 Å². The molecule has 0 saturated carbocycles. The molecule has 0 spiro atoms. The van der Waals surface area contributed by atoms with Crippen molar-refractivity contribution < 1.29 is 9.84 Å². The van der Waals surface area contributed by atoms with Crippen LogP contribution in [0.1, 0.15) is 5.56 Å². The highest BCUT2D eigenvalue weighted by molar-refractivity contribution is 7.81. The number of thiol groups is 1. The Labute approximate surface area is 101 Å². The van der Waals surface area contributed by atoms with Crippen LogP contribution in [0.2, 0.25) is 0 Å². The normalized spacial score (nSPS) is 28.2. The Morgan fingerprint density at radius 2 is 2.00 bits per heavy atom. The van der Waals surface area contributed by atoms with Crippen molar-refractivity contribution in [3.63, 3.8) is 0 Å². The molecule has 84 valence electrons. The molecule has 0 saturated heterocycles. The number of ether oxygens (including phenoxy) is 1. The third kappa shape index (κ3) is 2.55. The van der Waals surface area contributed by atoms with Gasteiger partial charge in [-0.25, -0.2) is 0 Å². The SMILES string of the molecule is OC1(OCc2ccccc2)C=CC=CC1S. The number of hydrogen-bond acceptors (Lipinski definition) is 3. The summed E-state index contributed by atoms with van der Waals surface area (Å²) in [4.78, 5) is 0. The van der Waals surface area contributed by atoms with Gasteiger partial charge in [-0.05, 0) is 11.6 Å². The molecule has 0 amide bonds. The van der Waals surface area contributed by atoms with Gasteiger partial charge in [-0.1, -0.05) is 48.6 Å². The lowest BCUT2D eigenvalue weighted by Gasteiger charge is -2.30. The van der Waals surface area contributed by atoms with Gasteiger partial charge in [-0.2, -0.15) is 12.6 Å². The third-order valence-corrected chi connectivity index (χ3v) is 3.02. The highest BCUT2D eigenvalue weighted by Gasteiger charge is 2.32. The zero-order chi connectivity index (χ0) is 11.4. The predicted molar refractivity (Wildman–Crippen MR) is 67.2 cm³/mol. The molecule has 1 aliphatic rings. The lowest BCUT2D eigenvalue weighted by molar-refractivity contribution is -0.168. The summed E-state index contributed by atoms with van der Waals surface area (Å²) in [5.41, 5.74) is 1.03. The largest absolute Gasteiger partial charge is 0.361 e. The standard InChI is InChI=1S/C13H14O2S/c14-13(9-5-4-8-12(13)16)15-10-11-6-2-1-3-7-11/h1-9,12,14,16H,10H2. The summed E-state index contributed by atoms with van der Waals surface area (Å²) < 4.78 is 5.51. The van der Waals surface area contributed by atoms with E-state index in [0.717, 1.165) is 5.56 Å². The summed E-state index contributed by atoms with van der Waals surface area (Å²) in [6.07, 6.45) is 7.03. The van der Waals surface area contributed by atoms with Crippen molar-refractivity contribution in [3.8, 4) is 0 Å². The minimum Gasteiger partial charge on any atom is -0.361 e. The highest BCUT2D eigenvalue weighted by Crippen LogP contribution is 2.25. The van der Waals surface area contributed by atoms with Crippen molar-refractivity contribution in [2.24, 2.45) is 0 Å². The first kappa shape index (κ1) is 11.5. The minimum absolute atomic E-state index is 0.332. The fourth-order valence-corrected chi connectivity index (χ4v) is 1.77. The molecule has 1 aromatic rings.